The minimum atomic E-state index is -0.230. The van der Waals surface area contributed by atoms with Crippen LogP contribution in [-0.4, -0.2) is 27.0 Å². The third-order valence-electron chi connectivity index (χ3n) is 2.82. The van der Waals surface area contributed by atoms with Gasteiger partial charge in [-0.3, -0.25) is 4.79 Å². The Hall–Kier alpha value is -2.68. The van der Waals surface area contributed by atoms with Gasteiger partial charge in [0.05, 0.1) is 11.9 Å². The first kappa shape index (κ1) is 13.7. The maximum atomic E-state index is 11.9. The Balaban J connectivity index is 1.83. The molecule has 102 valence electrons. The summed E-state index contributed by atoms with van der Waals surface area (Å²) in [6, 6.07) is 5.10. The summed E-state index contributed by atoms with van der Waals surface area (Å²) in [5, 5.41) is 11.5. The van der Waals surface area contributed by atoms with Crippen molar-refractivity contribution in [1.82, 2.24) is 19.9 Å². The van der Waals surface area contributed by atoms with Crippen LogP contribution in [0.2, 0.25) is 0 Å². The van der Waals surface area contributed by atoms with E-state index in [1.165, 1.54) is 6.20 Å². The predicted octanol–water partition coefficient (Wildman–Crippen LogP) is 1.22. The average Bonchev–Trinajstić information content (AvgIpc) is 2.97. The second kappa shape index (κ2) is 6.48. The molecule has 0 bridgehead atoms. The number of pyridine rings is 1. The highest BCUT2D eigenvalue weighted by Crippen LogP contribution is 2.01. The number of nitrogens with zero attached hydrogens (tertiary/aromatic N) is 4. The van der Waals surface area contributed by atoms with Crippen molar-refractivity contribution >= 4 is 5.91 Å². The molecular formula is C14H15N5O. The lowest BCUT2D eigenvalue weighted by molar-refractivity contribution is 0.0942. The smallest absolute Gasteiger partial charge is 0.269 e. The van der Waals surface area contributed by atoms with E-state index in [1.54, 1.807) is 24.7 Å². The van der Waals surface area contributed by atoms with Crippen LogP contribution in [0, 0.1) is 17.2 Å². The van der Waals surface area contributed by atoms with Crippen LogP contribution in [0.15, 0.2) is 37.1 Å². The topological polar surface area (TPSA) is 83.6 Å². The van der Waals surface area contributed by atoms with Gasteiger partial charge in [0.25, 0.3) is 5.91 Å². The summed E-state index contributed by atoms with van der Waals surface area (Å²) >= 11 is 0. The number of aromatic nitrogens is 3. The number of carbonyl (C=O) groups is 1. The fourth-order valence-corrected chi connectivity index (χ4v) is 1.77. The van der Waals surface area contributed by atoms with Gasteiger partial charge in [0.15, 0.2) is 0 Å². The van der Waals surface area contributed by atoms with Crippen LogP contribution in [0.5, 0.6) is 0 Å². The summed E-state index contributed by atoms with van der Waals surface area (Å²) in [7, 11) is 0. The quantitative estimate of drug-likeness (QED) is 0.884. The molecule has 2 rings (SSSR count). The summed E-state index contributed by atoms with van der Waals surface area (Å²) in [5.41, 5.74) is 0.758. The molecule has 1 N–H and O–H groups in total. The van der Waals surface area contributed by atoms with E-state index < -0.39 is 0 Å². The van der Waals surface area contributed by atoms with Gasteiger partial charge in [-0.1, -0.05) is 6.92 Å². The van der Waals surface area contributed by atoms with Crippen LogP contribution < -0.4 is 5.32 Å². The highest BCUT2D eigenvalue weighted by Gasteiger charge is 2.09. The Labute approximate surface area is 117 Å². The van der Waals surface area contributed by atoms with Gasteiger partial charge in [0.1, 0.15) is 11.8 Å². The molecular weight excluding hydrogens is 254 g/mol. The standard InChI is InChI=1S/C14H15N5O/c1-11(9-19-5-4-16-10-19)7-18-14(20)13-3-2-12(6-15)8-17-13/h2-5,8,10-11H,7,9H2,1H3,(H,18,20)/t11-/m1/s1. The van der Waals surface area contributed by atoms with Crippen molar-refractivity contribution in [3.63, 3.8) is 0 Å². The van der Waals surface area contributed by atoms with Crippen LogP contribution in [0.25, 0.3) is 0 Å². The lowest BCUT2D eigenvalue weighted by Gasteiger charge is -2.12. The van der Waals surface area contributed by atoms with Crippen LogP contribution in [0.4, 0.5) is 0 Å². The van der Waals surface area contributed by atoms with E-state index in [1.807, 2.05) is 23.8 Å². The summed E-state index contributed by atoms with van der Waals surface area (Å²) in [4.78, 5) is 19.8. The molecule has 6 heteroatoms. The molecule has 0 radical (unpaired) electrons. The van der Waals surface area contributed by atoms with Gasteiger partial charge in [0.2, 0.25) is 0 Å². The molecule has 0 unspecified atom stereocenters. The molecule has 6 nitrogen and oxygen atoms in total. The van der Waals surface area contributed by atoms with Gasteiger partial charge in [-0.2, -0.15) is 5.26 Å². The molecule has 0 saturated heterocycles. The molecule has 0 saturated carbocycles. The number of hydrogen-bond donors (Lipinski definition) is 1. The van der Waals surface area contributed by atoms with E-state index in [0.717, 1.165) is 6.54 Å². The zero-order chi connectivity index (χ0) is 14.4. The molecule has 2 aromatic heterocycles. The molecule has 1 atom stereocenters. The van der Waals surface area contributed by atoms with Crippen LogP contribution in [-0.2, 0) is 6.54 Å². The maximum Gasteiger partial charge on any atom is 0.269 e. The zero-order valence-corrected chi connectivity index (χ0v) is 11.2. The Kier molecular flexibility index (Phi) is 4.45. The first-order chi connectivity index (χ1) is 9.69. The Morgan fingerprint density at radius 3 is 3.00 bits per heavy atom. The molecule has 2 heterocycles. The SMILES string of the molecule is C[C@H](CNC(=O)c1ccc(C#N)cn1)Cn1ccnc1. The summed E-state index contributed by atoms with van der Waals surface area (Å²) < 4.78 is 1.97. The maximum absolute atomic E-state index is 11.9. The van der Waals surface area contributed by atoms with E-state index in [4.69, 9.17) is 5.26 Å². The first-order valence-electron chi connectivity index (χ1n) is 6.29. The van der Waals surface area contributed by atoms with E-state index >= 15 is 0 Å². The van der Waals surface area contributed by atoms with Crippen molar-refractivity contribution in [3.8, 4) is 6.07 Å². The number of hydrogen-bond acceptors (Lipinski definition) is 4. The van der Waals surface area contributed by atoms with Crippen molar-refractivity contribution < 1.29 is 4.79 Å². The molecule has 2 aromatic rings. The number of imidazole rings is 1. The minimum Gasteiger partial charge on any atom is -0.350 e. The van der Waals surface area contributed by atoms with Gasteiger partial charge < -0.3 is 9.88 Å². The summed E-state index contributed by atoms with van der Waals surface area (Å²) in [6.45, 7) is 3.40. The number of nitrogens with one attached hydrogen (secondary N) is 1. The van der Waals surface area contributed by atoms with Crippen molar-refractivity contribution in [3.05, 3.63) is 48.3 Å². The normalized spacial score (nSPS) is 11.6. The average molecular weight is 269 g/mol. The van der Waals surface area contributed by atoms with Crippen LogP contribution >= 0.6 is 0 Å². The van der Waals surface area contributed by atoms with Crippen molar-refractivity contribution in [2.45, 2.75) is 13.5 Å². The molecule has 0 spiro atoms. The molecule has 0 aliphatic carbocycles. The largest absolute Gasteiger partial charge is 0.350 e. The lowest BCUT2D eigenvalue weighted by Crippen LogP contribution is -2.30. The van der Waals surface area contributed by atoms with Gasteiger partial charge in [0, 0.05) is 31.7 Å². The first-order valence-corrected chi connectivity index (χ1v) is 6.29. The number of rotatable bonds is 5. The monoisotopic (exact) mass is 269 g/mol. The predicted molar refractivity (Wildman–Crippen MR) is 72.7 cm³/mol. The molecule has 0 fully saturated rings. The fourth-order valence-electron chi connectivity index (χ4n) is 1.77. The third kappa shape index (κ3) is 3.65. The molecule has 1 amide bonds. The molecule has 0 aliphatic heterocycles. The zero-order valence-electron chi connectivity index (χ0n) is 11.2. The van der Waals surface area contributed by atoms with Crippen molar-refractivity contribution in [2.75, 3.05) is 6.54 Å². The third-order valence-corrected chi connectivity index (χ3v) is 2.82. The van der Waals surface area contributed by atoms with E-state index in [0.29, 0.717) is 17.8 Å². The lowest BCUT2D eigenvalue weighted by atomic mass is 10.2. The Morgan fingerprint density at radius 2 is 2.40 bits per heavy atom. The molecule has 0 aliphatic rings. The van der Waals surface area contributed by atoms with Crippen molar-refractivity contribution in [1.29, 1.82) is 5.26 Å². The second-order valence-corrected chi connectivity index (χ2v) is 4.62. The van der Waals surface area contributed by atoms with Crippen molar-refractivity contribution in [2.24, 2.45) is 5.92 Å². The number of carbonyl (C=O) groups excluding carboxylic acids is 1. The van der Waals surface area contributed by atoms with E-state index in [-0.39, 0.29) is 11.8 Å². The second-order valence-electron chi connectivity index (χ2n) is 4.62. The Morgan fingerprint density at radius 1 is 1.55 bits per heavy atom. The van der Waals surface area contributed by atoms with Gasteiger partial charge in [-0.15, -0.1) is 0 Å². The molecule has 20 heavy (non-hydrogen) atoms. The number of amides is 1. The Bertz CT molecular complexity index is 597. The van der Waals surface area contributed by atoms with Gasteiger partial charge in [-0.25, -0.2) is 9.97 Å². The highest BCUT2D eigenvalue weighted by atomic mass is 16.1. The minimum absolute atomic E-state index is 0.230. The molecule has 0 aromatic carbocycles. The van der Waals surface area contributed by atoms with Gasteiger partial charge in [-0.05, 0) is 18.1 Å². The summed E-state index contributed by atoms with van der Waals surface area (Å²) in [5.74, 6) is 0.0542. The number of nitriles is 1. The van der Waals surface area contributed by atoms with Crippen LogP contribution in [0.1, 0.15) is 23.0 Å². The van der Waals surface area contributed by atoms with E-state index in [2.05, 4.69) is 15.3 Å². The van der Waals surface area contributed by atoms with Crippen LogP contribution in [0.3, 0.4) is 0 Å². The van der Waals surface area contributed by atoms with E-state index in [9.17, 15) is 4.79 Å². The fraction of sp³-hybridized carbons (Fsp3) is 0.286. The summed E-state index contributed by atoms with van der Waals surface area (Å²) in [6.07, 6.45) is 6.76. The van der Waals surface area contributed by atoms with Gasteiger partial charge >= 0.3 is 0 Å². The highest BCUT2D eigenvalue weighted by molar-refractivity contribution is 5.92.